The molecule has 1 spiro atoms. The topological polar surface area (TPSA) is 49.3 Å². The molecule has 3 nitrogen and oxygen atoms in total. The van der Waals surface area contributed by atoms with Crippen LogP contribution in [0, 0.1) is 0 Å². The highest BCUT2D eigenvalue weighted by atomic mass is 32.2. The third-order valence-electron chi connectivity index (χ3n) is 2.67. The lowest BCUT2D eigenvalue weighted by Gasteiger charge is -2.22. The van der Waals surface area contributed by atoms with Crippen molar-refractivity contribution in [1.82, 2.24) is 5.32 Å². The van der Waals surface area contributed by atoms with Crippen molar-refractivity contribution in [2.24, 2.45) is 0 Å². The minimum atomic E-state index is -0.703. The second kappa shape index (κ2) is 2.92. The normalized spacial score (nSPS) is 32.8. The van der Waals surface area contributed by atoms with E-state index in [0.29, 0.717) is 0 Å². The van der Waals surface area contributed by atoms with Crippen LogP contribution in [0.25, 0.3) is 0 Å². The Labute approximate surface area is 75.9 Å². The van der Waals surface area contributed by atoms with Gasteiger partial charge >= 0.3 is 5.97 Å². The van der Waals surface area contributed by atoms with E-state index >= 15 is 0 Å². The van der Waals surface area contributed by atoms with Crippen molar-refractivity contribution >= 4 is 17.7 Å². The number of carboxylic acid groups (broad SMARTS) is 1. The van der Waals surface area contributed by atoms with Gasteiger partial charge in [0.2, 0.25) is 0 Å². The Morgan fingerprint density at radius 3 is 2.67 bits per heavy atom. The smallest absolute Gasteiger partial charge is 0.321 e. The van der Waals surface area contributed by atoms with Crippen molar-refractivity contribution in [2.45, 2.75) is 36.6 Å². The van der Waals surface area contributed by atoms with Gasteiger partial charge in [0.1, 0.15) is 6.04 Å². The lowest BCUT2D eigenvalue weighted by Crippen LogP contribution is -2.43. The molecule has 2 fully saturated rings. The van der Waals surface area contributed by atoms with E-state index in [2.05, 4.69) is 5.32 Å². The number of carboxylic acids is 1. The van der Waals surface area contributed by atoms with Crippen LogP contribution >= 0.6 is 11.8 Å². The van der Waals surface area contributed by atoms with Crippen LogP contribution in [-0.4, -0.2) is 27.7 Å². The highest BCUT2D eigenvalue weighted by Gasteiger charge is 2.43. The van der Waals surface area contributed by atoms with E-state index in [0.717, 1.165) is 18.6 Å². The SMILES string of the molecule is O=C(O)C1CSC2(CCCC2)N1. The minimum absolute atomic E-state index is 0.128. The molecular weight excluding hydrogens is 174 g/mol. The summed E-state index contributed by atoms with van der Waals surface area (Å²) in [7, 11) is 0. The average molecular weight is 187 g/mol. The van der Waals surface area contributed by atoms with Crippen LogP contribution in [0.2, 0.25) is 0 Å². The van der Waals surface area contributed by atoms with Gasteiger partial charge in [0.25, 0.3) is 0 Å². The monoisotopic (exact) mass is 187 g/mol. The maximum Gasteiger partial charge on any atom is 0.321 e. The molecule has 1 aliphatic carbocycles. The third-order valence-corrected chi connectivity index (χ3v) is 4.25. The Morgan fingerprint density at radius 1 is 1.50 bits per heavy atom. The zero-order valence-corrected chi connectivity index (χ0v) is 7.69. The van der Waals surface area contributed by atoms with Gasteiger partial charge in [-0.25, -0.2) is 0 Å². The van der Waals surface area contributed by atoms with Gasteiger partial charge in [-0.05, 0) is 12.8 Å². The van der Waals surface area contributed by atoms with Gasteiger partial charge in [0.05, 0.1) is 4.87 Å². The van der Waals surface area contributed by atoms with E-state index in [4.69, 9.17) is 5.11 Å². The fourth-order valence-electron chi connectivity index (χ4n) is 2.01. The van der Waals surface area contributed by atoms with Crippen molar-refractivity contribution < 1.29 is 9.90 Å². The van der Waals surface area contributed by atoms with Gasteiger partial charge in [-0.3, -0.25) is 10.1 Å². The number of rotatable bonds is 1. The van der Waals surface area contributed by atoms with Crippen LogP contribution in [0.5, 0.6) is 0 Å². The molecule has 0 aromatic heterocycles. The number of carbonyl (C=O) groups is 1. The first kappa shape index (κ1) is 8.38. The maximum absolute atomic E-state index is 10.7. The molecule has 0 aromatic carbocycles. The van der Waals surface area contributed by atoms with Crippen LogP contribution in [0.1, 0.15) is 25.7 Å². The molecular formula is C8H13NO2S. The van der Waals surface area contributed by atoms with E-state index in [9.17, 15) is 4.79 Å². The van der Waals surface area contributed by atoms with E-state index in [1.165, 1.54) is 12.8 Å². The standard InChI is InChI=1S/C8H13NO2S/c10-7(11)6-5-12-8(9-6)3-1-2-4-8/h6,9H,1-5H2,(H,10,11). The second-order valence-electron chi connectivity index (χ2n) is 3.55. The highest BCUT2D eigenvalue weighted by Crippen LogP contribution is 2.43. The summed E-state index contributed by atoms with van der Waals surface area (Å²) in [5.41, 5.74) is 0. The van der Waals surface area contributed by atoms with Crippen LogP contribution in [0.4, 0.5) is 0 Å². The summed E-state index contributed by atoms with van der Waals surface area (Å²) in [4.78, 5) is 10.8. The molecule has 1 atom stereocenters. The van der Waals surface area contributed by atoms with E-state index < -0.39 is 5.97 Å². The first-order chi connectivity index (χ1) is 5.72. The van der Waals surface area contributed by atoms with Gasteiger partial charge < -0.3 is 5.11 Å². The van der Waals surface area contributed by atoms with Gasteiger partial charge in [-0.15, -0.1) is 11.8 Å². The number of aliphatic carboxylic acids is 1. The molecule has 1 saturated heterocycles. The number of hydrogen-bond acceptors (Lipinski definition) is 3. The summed E-state index contributed by atoms with van der Waals surface area (Å²) in [6.45, 7) is 0. The van der Waals surface area contributed by atoms with Crippen molar-refractivity contribution in [3.63, 3.8) is 0 Å². The zero-order valence-electron chi connectivity index (χ0n) is 6.88. The molecule has 0 bridgehead atoms. The van der Waals surface area contributed by atoms with Crippen LogP contribution in [0.3, 0.4) is 0 Å². The van der Waals surface area contributed by atoms with E-state index in [1.807, 2.05) is 0 Å². The van der Waals surface area contributed by atoms with Gasteiger partial charge in [-0.2, -0.15) is 0 Å². The molecule has 0 aromatic rings. The van der Waals surface area contributed by atoms with E-state index in [1.54, 1.807) is 11.8 Å². The minimum Gasteiger partial charge on any atom is -0.480 e. The molecule has 1 saturated carbocycles. The summed E-state index contributed by atoms with van der Waals surface area (Å²) in [6.07, 6.45) is 4.77. The number of thioether (sulfide) groups is 1. The first-order valence-corrected chi connectivity index (χ1v) is 5.35. The van der Waals surface area contributed by atoms with Crippen molar-refractivity contribution in [2.75, 3.05) is 5.75 Å². The molecule has 68 valence electrons. The Balaban J connectivity index is 2.01. The quantitative estimate of drug-likeness (QED) is 0.644. The van der Waals surface area contributed by atoms with Crippen LogP contribution in [-0.2, 0) is 4.79 Å². The van der Waals surface area contributed by atoms with E-state index in [-0.39, 0.29) is 10.9 Å². The van der Waals surface area contributed by atoms with Crippen molar-refractivity contribution in [3.05, 3.63) is 0 Å². The zero-order chi connectivity index (χ0) is 8.60. The lowest BCUT2D eigenvalue weighted by molar-refractivity contribution is -0.138. The molecule has 1 aliphatic heterocycles. The summed E-state index contributed by atoms with van der Waals surface area (Å²) >= 11 is 1.80. The predicted molar refractivity (Wildman–Crippen MR) is 48.2 cm³/mol. The summed E-state index contributed by atoms with van der Waals surface area (Å²) in [5, 5.41) is 12.0. The molecule has 2 aliphatic rings. The molecule has 12 heavy (non-hydrogen) atoms. The Bertz CT molecular complexity index is 201. The third kappa shape index (κ3) is 1.33. The fraction of sp³-hybridized carbons (Fsp3) is 0.875. The number of nitrogens with one attached hydrogen (secondary N) is 1. The summed E-state index contributed by atoms with van der Waals surface area (Å²) in [5.74, 6) is 0.0290. The first-order valence-electron chi connectivity index (χ1n) is 4.36. The van der Waals surface area contributed by atoms with Gasteiger partial charge in [0, 0.05) is 5.75 Å². The lowest BCUT2D eigenvalue weighted by atomic mass is 10.2. The number of hydrogen-bond donors (Lipinski definition) is 2. The van der Waals surface area contributed by atoms with Gasteiger partial charge in [0.15, 0.2) is 0 Å². The van der Waals surface area contributed by atoms with Crippen molar-refractivity contribution in [3.8, 4) is 0 Å². The van der Waals surface area contributed by atoms with Crippen LogP contribution in [0.15, 0.2) is 0 Å². The largest absolute Gasteiger partial charge is 0.480 e. The molecule has 4 heteroatoms. The fourth-order valence-corrected chi connectivity index (χ4v) is 3.53. The predicted octanol–water partition coefficient (Wildman–Crippen LogP) is 1.05. The summed E-state index contributed by atoms with van der Waals surface area (Å²) in [6, 6.07) is -0.312. The van der Waals surface area contributed by atoms with Crippen LogP contribution < -0.4 is 5.32 Å². The second-order valence-corrected chi connectivity index (χ2v) is 4.95. The molecule has 1 heterocycles. The van der Waals surface area contributed by atoms with Crippen molar-refractivity contribution in [1.29, 1.82) is 0 Å². The van der Waals surface area contributed by atoms with Gasteiger partial charge in [-0.1, -0.05) is 12.8 Å². The Kier molecular flexibility index (Phi) is 2.04. The maximum atomic E-state index is 10.7. The highest BCUT2D eigenvalue weighted by molar-refractivity contribution is 8.01. The summed E-state index contributed by atoms with van der Waals surface area (Å²) < 4.78 is 0. The molecule has 1 unspecified atom stereocenters. The molecule has 2 rings (SSSR count). The molecule has 0 amide bonds. The Morgan fingerprint density at radius 2 is 2.17 bits per heavy atom. The Hall–Kier alpha value is -0.220. The molecule has 0 radical (unpaired) electrons. The molecule has 2 N–H and O–H groups in total. The average Bonchev–Trinajstić information content (AvgIpc) is 2.62.